The molecule has 0 spiro atoms. The van der Waals surface area contributed by atoms with Crippen LogP contribution in [0.4, 0.5) is 0 Å². The molecule has 50 valence electrons. The molecule has 0 fully saturated rings. The van der Waals surface area contributed by atoms with Gasteiger partial charge in [0.1, 0.15) is 5.66 Å². The molecular formula is C4H12O3P+. The van der Waals surface area contributed by atoms with E-state index in [9.17, 15) is 0 Å². The Bertz CT molecular complexity index is 71.7. The Labute approximate surface area is 49.9 Å². The fraction of sp³-hybridized carbons (Fsp3) is 1.00. The van der Waals surface area contributed by atoms with Crippen LogP contribution in [0.2, 0.25) is 0 Å². The van der Waals surface area contributed by atoms with Gasteiger partial charge in [0, 0.05) is 0 Å². The van der Waals surface area contributed by atoms with Gasteiger partial charge in [0.25, 0.3) is 0 Å². The summed E-state index contributed by atoms with van der Waals surface area (Å²) in [7, 11) is -1.70. The molecule has 0 saturated carbocycles. The minimum atomic E-state index is -3.00. The van der Waals surface area contributed by atoms with Crippen LogP contribution in [0.3, 0.4) is 0 Å². The van der Waals surface area contributed by atoms with Crippen LogP contribution >= 0.6 is 7.94 Å². The summed E-state index contributed by atoms with van der Waals surface area (Å²) in [4.78, 5) is 17.7. The highest BCUT2D eigenvalue weighted by molar-refractivity contribution is 7.60. The van der Waals surface area contributed by atoms with E-state index in [-0.39, 0.29) is 5.66 Å². The summed E-state index contributed by atoms with van der Waals surface area (Å²) in [5, 5.41) is 0. The third-order valence-electron chi connectivity index (χ3n) is 0.941. The molecule has 0 saturated heterocycles. The quantitative estimate of drug-likeness (QED) is 0.556. The van der Waals surface area contributed by atoms with Crippen LogP contribution in [-0.2, 0) is 4.52 Å². The van der Waals surface area contributed by atoms with Gasteiger partial charge < -0.3 is 0 Å². The first-order chi connectivity index (χ1) is 3.50. The van der Waals surface area contributed by atoms with Crippen molar-refractivity contribution < 1.29 is 14.3 Å². The van der Waals surface area contributed by atoms with Gasteiger partial charge in [0.2, 0.25) is 0 Å². The highest BCUT2D eigenvalue weighted by Gasteiger charge is 2.38. The highest BCUT2D eigenvalue weighted by atomic mass is 31.2. The summed E-state index contributed by atoms with van der Waals surface area (Å²) >= 11 is 0. The van der Waals surface area contributed by atoms with Crippen LogP contribution in [0.5, 0.6) is 0 Å². The largest absolute Gasteiger partial charge is 0.408 e. The van der Waals surface area contributed by atoms with Gasteiger partial charge in [-0.3, -0.25) is 0 Å². The van der Waals surface area contributed by atoms with E-state index in [0.717, 1.165) is 0 Å². The maximum atomic E-state index is 8.84. The first kappa shape index (κ1) is 8.31. The highest BCUT2D eigenvalue weighted by Crippen LogP contribution is 2.54. The van der Waals surface area contributed by atoms with Crippen LogP contribution in [0.15, 0.2) is 0 Å². The van der Waals surface area contributed by atoms with Gasteiger partial charge in [-0.1, -0.05) is 0 Å². The lowest BCUT2D eigenvalue weighted by Crippen LogP contribution is -2.05. The zero-order valence-electron chi connectivity index (χ0n) is 5.33. The minimum Gasteiger partial charge on any atom is -0.193 e. The Morgan fingerprint density at radius 1 is 1.38 bits per heavy atom. The van der Waals surface area contributed by atoms with Crippen molar-refractivity contribution in [3.63, 3.8) is 0 Å². The second-order valence-corrected chi connectivity index (χ2v) is 4.44. The second kappa shape index (κ2) is 2.74. The average molecular weight is 139 g/mol. The van der Waals surface area contributed by atoms with Crippen molar-refractivity contribution in [1.82, 2.24) is 0 Å². The third kappa shape index (κ3) is 2.05. The van der Waals surface area contributed by atoms with Crippen molar-refractivity contribution in [3.8, 4) is 0 Å². The van der Waals surface area contributed by atoms with E-state index in [0.29, 0.717) is 0 Å². The second-order valence-electron chi connectivity index (χ2n) is 1.87. The first-order valence-corrected chi connectivity index (χ1v) is 4.09. The maximum Gasteiger partial charge on any atom is 0.408 e. The van der Waals surface area contributed by atoms with E-state index in [2.05, 4.69) is 4.52 Å². The maximum absolute atomic E-state index is 8.84. The Morgan fingerprint density at radius 2 is 1.75 bits per heavy atom. The lowest BCUT2D eigenvalue weighted by atomic mass is 10.6. The van der Waals surface area contributed by atoms with Gasteiger partial charge in [-0.15, -0.1) is 0 Å². The Morgan fingerprint density at radius 3 is 1.75 bits per heavy atom. The van der Waals surface area contributed by atoms with E-state index >= 15 is 0 Å². The van der Waals surface area contributed by atoms with Gasteiger partial charge in [0.05, 0.1) is 7.11 Å². The Kier molecular flexibility index (Phi) is 2.84. The van der Waals surface area contributed by atoms with E-state index in [1.807, 2.05) is 0 Å². The SMILES string of the molecule is CO[P+](O)(O)C(C)C. The van der Waals surface area contributed by atoms with Crippen molar-refractivity contribution in [2.45, 2.75) is 19.5 Å². The smallest absolute Gasteiger partial charge is 0.193 e. The number of hydrogen-bond donors (Lipinski definition) is 2. The third-order valence-corrected chi connectivity index (χ3v) is 2.82. The molecule has 0 aromatic heterocycles. The molecule has 3 nitrogen and oxygen atoms in total. The molecule has 0 aliphatic rings. The summed E-state index contributed by atoms with van der Waals surface area (Å²) in [5.74, 6) is 0. The van der Waals surface area contributed by atoms with E-state index in [1.165, 1.54) is 7.11 Å². The molecular weight excluding hydrogens is 127 g/mol. The zero-order chi connectivity index (χ0) is 6.78. The van der Waals surface area contributed by atoms with Gasteiger partial charge in [-0.2, -0.15) is 14.3 Å². The standard InChI is InChI=1S/C4H12O3P/c1-4(2)8(5,6)7-3/h4-6H,1-3H3/q+1. The molecule has 0 amide bonds. The molecule has 2 N–H and O–H groups in total. The molecule has 0 rings (SSSR count). The zero-order valence-corrected chi connectivity index (χ0v) is 6.22. The van der Waals surface area contributed by atoms with E-state index in [1.54, 1.807) is 13.8 Å². The summed E-state index contributed by atoms with van der Waals surface area (Å²) in [6, 6.07) is 0. The van der Waals surface area contributed by atoms with Crippen LogP contribution in [-0.4, -0.2) is 22.6 Å². The minimum absolute atomic E-state index is 0.188. The topological polar surface area (TPSA) is 49.7 Å². The van der Waals surface area contributed by atoms with Crippen molar-refractivity contribution in [1.29, 1.82) is 0 Å². The fourth-order valence-corrected chi connectivity index (χ4v) is 0.632. The Hall–Kier alpha value is 0.310. The summed E-state index contributed by atoms with van der Waals surface area (Å²) in [6.45, 7) is 3.41. The summed E-state index contributed by atoms with van der Waals surface area (Å²) in [5.41, 5.74) is -0.188. The lowest BCUT2D eigenvalue weighted by Gasteiger charge is -2.10. The molecule has 0 bridgehead atoms. The van der Waals surface area contributed by atoms with Gasteiger partial charge in [-0.05, 0) is 13.8 Å². The fourth-order valence-electron chi connectivity index (χ4n) is 0.211. The monoisotopic (exact) mass is 139 g/mol. The van der Waals surface area contributed by atoms with E-state index in [4.69, 9.17) is 9.79 Å². The average Bonchev–Trinajstić information content (AvgIpc) is 1.67. The first-order valence-electron chi connectivity index (χ1n) is 2.40. The lowest BCUT2D eigenvalue weighted by molar-refractivity contribution is 0.270. The summed E-state index contributed by atoms with van der Waals surface area (Å²) < 4.78 is 4.42. The molecule has 8 heavy (non-hydrogen) atoms. The normalized spacial score (nSPS) is 12.8. The van der Waals surface area contributed by atoms with Gasteiger partial charge in [0.15, 0.2) is 0 Å². The predicted molar refractivity (Wildman–Crippen MR) is 33.5 cm³/mol. The van der Waals surface area contributed by atoms with Crippen LogP contribution in [0.1, 0.15) is 13.8 Å². The van der Waals surface area contributed by atoms with Crippen molar-refractivity contribution in [2.75, 3.05) is 7.11 Å². The molecule has 0 aliphatic carbocycles. The molecule has 0 heterocycles. The van der Waals surface area contributed by atoms with Crippen molar-refractivity contribution in [3.05, 3.63) is 0 Å². The molecule has 0 aliphatic heterocycles. The molecule has 0 atom stereocenters. The van der Waals surface area contributed by atoms with Crippen LogP contribution in [0, 0.1) is 0 Å². The molecule has 0 aromatic carbocycles. The van der Waals surface area contributed by atoms with Gasteiger partial charge >= 0.3 is 7.94 Å². The Balaban J connectivity index is 3.71. The van der Waals surface area contributed by atoms with Crippen LogP contribution < -0.4 is 0 Å². The van der Waals surface area contributed by atoms with E-state index < -0.39 is 7.94 Å². The molecule has 4 heteroatoms. The molecule has 0 radical (unpaired) electrons. The number of rotatable bonds is 2. The summed E-state index contributed by atoms with van der Waals surface area (Å²) in [6.07, 6.45) is 0. The van der Waals surface area contributed by atoms with Gasteiger partial charge in [-0.25, -0.2) is 0 Å². The number of hydrogen-bond acceptors (Lipinski definition) is 3. The van der Waals surface area contributed by atoms with Crippen LogP contribution in [0.25, 0.3) is 0 Å². The van der Waals surface area contributed by atoms with Crippen molar-refractivity contribution >= 4 is 7.94 Å². The van der Waals surface area contributed by atoms with Crippen molar-refractivity contribution in [2.24, 2.45) is 0 Å². The predicted octanol–water partition coefficient (Wildman–Crippen LogP) is 0.788. The molecule has 0 unspecified atom stereocenters. The molecule has 0 aromatic rings.